The lowest BCUT2D eigenvalue weighted by Crippen LogP contribution is -2.42. The molecule has 0 aromatic heterocycles. The summed E-state index contributed by atoms with van der Waals surface area (Å²) in [6.45, 7) is 4.73. The molecule has 0 radical (unpaired) electrons. The third-order valence-electron chi connectivity index (χ3n) is 4.54. The van der Waals surface area contributed by atoms with E-state index in [0.29, 0.717) is 25.2 Å². The van der Waals surface area contributed by atoms with Crippen LogP contribution in [0, 0.1) is 5.41 Å². The van der Waals surface area contributed by atoms with E-state index >= 15 is 0 Å². The van der Waals surface area contributed by atoms with Crippen molar-refractivity contribution in [3.8, 4) is 0 Å². The molecule has 2 N–H and O–H groups in total. The maximum Gasteiger partial charge on any atom is 0.0897 e. The van der Waals surface area contributed by atoms with Gasteiger partial charge in [0.15, 0.2) is 0 Å². The third kappa shape index (κ3) is 5.26. The van der Waals surface area contributed by atoms with Crippen molar-refractivity contribution < 1.29 is 9.84 Å². The van der Waals surface area contributed by atoms with Crippen LogP contribution in [0.4, 0.5) is 0 Å². The molecular weight excluding hydrogens is 286 g/mol. The highest BCUT2D eigenvalue weighted by molar-refractivity contribution is 6.30. The van der Waals surface area contributed by atoms with Gasteiger partial charge in [-0.2, -0.15) is 0 Å². The molecule has 0 aliphatic heterocycles. The Balaban J connectivity index is 1.57. The molecule has 3 nitrogen and oxygen atoms in total. The highest BCUT2D eigenvalue weighted by Crippen LogP contribution is 2.42. The summed E-state index contributed by atoms with van der Waals surface area (Å²) in [4.78, 5) is 0. The molecule has 118 valence electrons. The smallest absolute Gasteiger partial charge is 0.0897 e. The fourth-order valence-corrected chi connectivity index (χ4v) is 2.91. The summed E-state index contributed by atoms with van der Waals surface area (Å²) >= 11 is 5.83. The van der Waals surface area contributed by atoms with E-state index in [2.05, 4.69) is 12.2 Å². The highest BCUT2D eigenvalue weighted by atomic mass is 35.5. The molecule has 1 unspecified atom stereocenters. The summed E-state index contributed by atoms with van der Waals surface area (Å²) in [6.07, 6.45) is 4.76. The van der Waals surface area contributed by atoms with E-state index in [1.807, 2.05) is 24.3 Å². The Morgan fingerprint density at radius 1 is 1.33 bits per heavy atom. The predicted molar refractivity (Wildman–Crippen MR) is 86.6 cm³/mol. The molecule has 1 saturated carbocycles. The summed E-state index contributed by atoms with van der Waals surface area (Å²) in [7, 11) is 0. The quantitative estimate of drug-likeness (QED) is 0.734. The van der Waals surface area contributed by atoms with Gasteiger partial charge >= 0.3 is 0 Å². The number of ether oxygens (including phenoxy) is 1. The summed E-state index contributed by atoms with van der Waals surface area (Å²) in [5, 5.41) is 14.0. The first kappa shape index (κ1) is 16.8. The van der Waals surface area contributed by atoms with Crippen LogP contribution in [-0.2, 0) is 11.3 Å². The lowest BCUT2D eigenvalue weighted by molar-refractivity contribution is 0.0252. The number of hydrogen-bond acceptors (Lipinski definition) is 3. The molecule has 21 heavy (non-hydrogen) atoms. The Morgan fingerprint density at radius 3 is 2.62 bits per heavy atom. The highest BCUT2D eigenvalue weighted by Gasteiger charge is 2.34. The van der Waals surface area contributed by atoms with Gasteiger partial charge in [0, 0.05) is 18.1 Å². The summed E-state index contributed by atoms with van der Waals surface area (Å²) < 4.78 is 5.54. The first-order valence-corrected chi connectivity index (χ1v) is 8.22. The molecule has 0 bridgehead atoms. The summed E-state index contributed by atoms with van der Waals surface area (Å²) in [6, 6.07) is 7.57. The van der Waals surface area contributed by atoms with Crippen LogP contribution in [0.1, 0.15) is 38.2 Å². The minimum absolute atomic E-state index is 0.356. The standard InChI is InChI=1S/C17H26ClNO2/c1-2-17(8-3-9-17)13-19-10-16(20)12-21-11-14-4-6-15(18)7-5-14/h4-7,16,19-20H,2-3,8-13H2,1H3. The van der Waals surface area contributed by atoms with E-state index in [0.717, 1.165) is 17.1 Å². The van der Waals surface area contributed by atoms with Crippen LogP contribution >= 0.6 is 11.6 Å². The number of aliphatic hydroxyl groups is 1. The normalized spacial score (nSPS) is 18.2. The van der Waals surface area contributed by atoms with Crippen molar-refractivity contribution in [2.45, 2.75) is 45.3 Å². The van der Waals surface area contributed by atoms with E-state index in [1.54, 1.807) is 0 Å². The monoisotopic (exact) mass is 311 g/mol. The zero-order valence-electron chi connectivity index (χ0n) is 12.8. The van der Waals surface area contributed by atoms with Gasteiger partial charge in [0.1, 0.15) is 0 Å². The predicted octanol–water partition coefficient (Wildman–Crippen LogP) is 3.39. The first-order valence-electron chi connectivity index (χ1n) is 7.84. The molecule has 1 aromatic carbocycles. The van der Waals surface area contributed by atoms with Crippen molar-refractivity contribution in [1.29, 1.82) is 0 Å². The first-order chi connectivity index (χ1) is 10.1. The fourth-order valence-electron chi connectivity index (χ4n) is 2.79. The number of rotatable bonds is 9. The van der Waals surface area contributed by atoms with Crippen LogP contribution in [0.3, 0.4) is 0 Å². The van der Waals surface area contributed by atoms with Crippen LogP contribution < -0.4 is 5.32 Å². The van der Waals surface area contributed by atoms with Crippen LogP contribution in [0.5, 0.6) is 0 Å². The summed E-state index contributed by atoms with van der Waals surface area (Å²) in [5.41, 5.74) is 1.56. The Kier molecular flexibility index (Phi) is 6.49. The second-order valence-corrected chi connectivity index (χ2v) is 6.57. The average molecular weight is 312 g/mol. The molecule has 1 fully saturated rings. The maximum atomic E-state index is 9.92. The molecule has 1 aliphatic carbocycles. The van der Waals surface area contributed by atoms with E-state index in [-0.39, 0.29) is 0 Å². The molecular formula is C17H26ClNO2. The molecule has 0 saturated heterocycles. The van der Waals surface area contributed by atoms with E-state index in [4.69, 9.17) is 16.3 Å². The van der Waals surface area contributed by atoms with Gasteiger partial charge in [-0.15, -0.1) is 0 Å². The minimum Gasteiger partial charge on any atom is -0.389 e. The molecule has 1 atom stereocenters. The SMILES string of the molecule is CCC1(CNCC(O)COCc2ccc(Cl)cc2)CCC1. The minimum atomic E-state index is -0.453. The van der Waals surface area contributed by atoms with Gasteiger partial charge in [-0.05, 0) is 42.4 Å². The Labute approximate surface area is 132 Å². The number of benzene rings is 1. The van der Waals surface area contributed by atoms with Gasteiger partial charge in [-0.1, -0.05) is 37.1 Å². The molecule has 0 heterocycles. The van der Waals surface area contributed by atoms with Gasteiger partial charge in [0.25, 0.3) is 0 Å². The number of halogens is 1. The van der Waals surface area contributed by atoms with Crippen LogP contribution in [0.2, 0.25) is 5.02 Å². The van der Waals surface area contributed by atoms with E-state index < -0.39 is 6.10 Å². The Morgan fingerprint density at radius 2 is 2.05 bits per heavy atom. The fraction of sp³-hybridized carbons (Fsp3) is 0.647. The second-order valence-electron chi connectivity index (χ2n) is 6.13. The zero-order chi connectivity index (χ0) is 15.1. The molecule has 2 rings (SSSR count). The van der Waals surface area contributed by atoms with Crippen LogP contribution in [-0.4, -0.2) is 30.9 Å². The molecule has 1 aromatic rings. The second kappa shape index (κ2) is 8.14. The molecule has 0 amide bonds. The van der Waals surface area contributed by atoms with Gasteiger partial charge in [0.2, 0.25) is 0 Å². The molecule has 0 spiro atoms. The average Bonchev–Trinajstić information content (AvgIpc) is 2.44. The van der Waals surface area contributed by atoms with Gasteiger partial charge in [-0.25, -0.2) is 0 Å². The van der Waals surface area contributed by atoms with Crippen molar-refractivity contribution >= 4 is 11.6 Å². The van der Waals surface area contributed by atoms with Crippen molar-refractivity contribution in [1.82, 2.24) is 5.32 Å². The van der Waals surface area contributed by atoms with Crippen molar-refractivity contribution in [3.05, 3.63) is 34.9 Å². The number of nitrogens with one attached hydrogen (secondary N) is 1. The lowest BCUT2D eigenvalue weighted by Gasteiger charge is -2.41. The van der Waals surface area contributed by atoms with E-state index in [9.17, 15) is 5.11 Å². The van der Waals surface area contributed by atoms with Gasteiger partial charge < -0.3 is 15.2 Å². The number of hydrogen-bond donors (Lipinski definition) is 2. The lowest BCUT2D eigenvalue weighted by atomic mass is 9.67. The Hall–Kier alpha value is -0.610. The summed E-state index contributed by atoms with van der Waals surface area (Å²) in [5.74, 6) is 0. The van der Waals surface area contributed by atoms with Gasteiger partial charge in [0.05, 0.1) is 19.3 Å². The Bertz CT molecular complexity index is 412. The van der Waals surface area contributed by atoms with Crippen molar-refractivity contribution in [3.63, 3.8) is 0 Å². The van der Waals surface area contributed by atoms with Crippen molar-refractivity contribution in [2.24, 2.45) is 5.41 Å². The third-order valence-corrected chi connectivity index (χ3v) is 4.79. The number of aliphatic hydroxyl groups excluding tert-OH is 1. The van der Waals surface area contributed by atoms with E-state index in [1.165, 1.54) is 25.7 Å². The largest absolute Gasteiger partial charge is 0.389 e. The van der Waals surface area contributed by atoms with Crippen LogP contribution in [0.15, 0.2) is 24.3 Å². The van der Waals surface area contributed by atoms with Gasteiger partial charge in [-0.3, -0.25) is 0 Å². The molecule has 4 heteroatoms. The van der Waals surface area contributed by atoms with Crippen molar-refractivity contribution in [2.75, 3.05) is 19.7 Å². The zero-order valence-corrected chi connectivity index (χ0v) is 13.5. The molecule has 1 aliphatic rings. The van der Waals surface area contributed by atoms with Crippen LogP contribution in [0.25, 0.3) is 0 Å². The maximum absolute atomic E-state index is 9.92. The topological polar surface area (TPSA) is 41.5 Å².